The standard InChI is InChI=1S/C15H12FN3O2/c16-9-1-3-10(4-2-9)17-15-18-11-7-13-14(8-12(11)19-15)21-6-5-20-13/h1-4,7-8H,5-6H2,(H2,17,18,19). The predicted octanol–water partition coefficient (Wildman–Crippen LogP) is 3.22. The van der Waals surface area contributed by atoms with Crippen LogP contribution < -0.4 is 14.8 Å². The first-order chi connectivity index (χ1) is 10.3. The summed E-state index contributed by atoms with van der Waals surface area (Å²) < 4.78 is 24.0. The van der Waals surface area contributed by atoms with E-state index in [1.165, 1.54) is 12.1 Å². The summed E-state index contributed by atoms with van der Waals surface area (Å²) in [5.74, 6) is 1.73. The van der Waals surface area contributed by atoms with Gasteiger partial charge in [0.2, 0.25) is 5.95 Å². The zero-order chi connectivity index (χ0) is 14.2. The molecule has 2 heterocycles. The van der Waals surface area contributed by atoms with Crippen molar-refractivity contribution >= 4 is 22.7 Å². The van der Waals surface area contributed by atoms with Crippen molar-refractivity contribution in [3.63, 3.8) is 0 Å². The molecule has 0 unspecified atom stereocenters. The van der Waals surface area contributed by atoms with Gasteiger partial charge in [-0.3, -0.25) is 0 Å². The normalized spacial score (nSPS) is 13.4. The van der Waals surface area contributed by atoms with E-state index in [9.17, 15) is 4.39 Å². The number of ether oxygens (including phenoxy) is 2. The quantitative estimate of drug-likeness (QED) is 0.759. The van der Waals surface area contributed by atoms with Crippen LogP contribution in [0, 0.1) is 5.82 Å². The molecule has 106 valence electrons. The van der Waals surface area contributed by atoms with E-state index in [1.54, 1.807) is 12.1 Å². The summed E-state index contributed by atoms with van der Waals surface area (Å²) in [6.07, 6.45) is 0. The summed E-state index contributed by atoms with van der Waals surface area (Å²) in [5, 5.41) is 3.10. The molecule has 1 aromatic heterocycles. The monoisotopic (exact) mass is 285 g/mol. The minimum Gasteiger partial charge on any atom is -0.486 e. The molecule has 0 saturated carbocycles. The summed E-state index contributed by atoms with van der Waals surface area (Å²) in [6.45, 7) is 1.09. The number of aromatic nitrogens is 2. The molecule has 2 aromatic carbocycles. The predicted molar refractivity (Wildman–Crippen MR) is 76.8 cm³/mol. The number of fused-ring (bicyclic) bond motifs is 2. The average molecular weight is 285 g/mol. The highest BCUT2D eigenvalue weighted by molar-refractivity contribution is 5.82. The highest BCUT2D eigenvalue weighted by Crippen LogP contribution is 2.34. The summed E-state index contributed by atoms with van der Waals surface area (Å²) in [4.78, 5) is 7.60. The van der Waals surface area contributed by atoms with Gasteiger partial charge in [-0.25, -0.2) is 9.37 Å². The molecule has 0 amide bonds. The van der Waals surface area contributed by atoms with E-state index < -0.39 is 0 Å². The first kappa shape index (κ1) is 12.0. The number of imidazole rings is 1. The second kappa shape index (κ2) is 4.66. The van der Waals surface area contributed by atoms with E-state index in [-0.39, 0.29) is 5.82 Å². The van der Waals surface area contributed by atoms with Crippen molar-refractivity contribution in [3.05, 3.63) is 42.2 Å². The van der Waals surface area contributed by atoms with Crippen molar-refractivity contribution in [1.29, 1.82) is 0 Å². The molecule has 0 saturated heterocycles. The number of nitrogens with one attached hydrogen (secondary N) is 2. The number of aromatic amines is 1. The van der Waals surface area contributed by atoms with E-state index in [1.807, 2.05) is 12.1 Å². The minimum atomic E-state index is -0.271. The van der Waals surface area contributed by atoms with Crippen LogP contribution in [0.3, 0.4) is 0 Å². The molecule has 0 fully saturated rings. The number of benzene rings is 2. The van der Waals surface area contributed by atoms with Gasteiger partial charge in [0.15, 0.2) is 11.5 Å². The Morgan fingerprint density at radius 3 is 2.52 bits per heavy atom. The molecular weight excluding hydrogens is 273 g/mol. The van der Waals surface area contributed by atoms with Gasteiger partial charge in [-0.05, 0) is 24.3 Å². The SMILES string of the molecule is Fc1ccc(Nc2nc3cc4c(cc3[nH]2)OCCO4)cc1. The molecular formula is C15H12FN3O2. The molecule has 5 nitrogen and oxygen atoms in total. The van der Waals surface area contributed by atoms with Crippen molar-refractivity contribution in [2.24, 2.45) is 0 Å². The molecule has 1 aliphatic heterocycles. The Hall–Kier alpha value is -2.76. The van der Waals surface area contributed by atoms with Crippen molar-refractivity contribution < 1.29 is 13.9 Å². The Labute approximate surface area is 119 Å². The van der Waals surface area contributed by atoms with Crippen LogP contribution in [0.2, 0.25) is 0 Å². The fraction of sp³-hybridized carbons (Fsp3) is 0.133. The second-order valence-corrected chi connectivity index (χ2v) is 4.73. The molecule has 0 atom stereocenters. The van der Waals surface area contributed by atoms with Crippen LogP contribution in [0.15, 0.2) is 36.4 Å². The lowest BCUT2D eigenvalue weighted by Gasteiger charge is -2.17. The number of anilines is 2. The Morgan fingerprint density at radius 1 is 1.05 bits per heavy atom. The molecule has 0 bridgehead atoms. The molecule has 21 heavy (non-hydrogen) atoms. The third-order valence-electron chi connectivity index (χ3n) is 3.25. The summed E-state index contributed by atoms with van der Waals surface area (Å²) in [7, 11) is 0. The van der Waals surface area contributed by atoms with Crippen molar-refractivity contribution in [3.8, 4) is 11.5 Å². The maximum atomic E-state index is 12.9. The molecule has 0 spiro atoms. The first-order valence-corrected chi connectivity index (χ1v) is 6.60. The van der Waals surface area contributed by atoms with Crippen LogP contribution >= 0.6 is 0 Å². The molecule has 3 aromatic rings. The first-order valence-electron chi connectivity index (χ1n) is 6.60. The molecule has 1 aliphatic rings. The van der Waals surface area contributed by atoms with Crippen molar-refractivity contribution in [2.75, 3.05) is 18.5 Å². The molecule has 4 rings (SSSR count). The molecule has 0 radical (unpaired) electrons. The van der Waals surface area contributed by atoms with E-state index >= 15 is 0 Å². The number of nitrogens with zero attached hydrogens (tertiary/aromatic N) is 1. The van der Waals surface area contributed by atoms with E-state index in [0.717, 1.165) is 16.7 Å². The third kappa shape index (κ3) is 2.24. The van der Waals surface area contributed by atoms with E-state index in [0.29, 0.717) is 30.7 Å². The van der Waals surface area contributed by atoms with Gasteiger partial charge >= 0.3 is 0 Å². The van der Waals surface area contributed by atoms with Gasteiger partial charge in [0.05, 0.1) is 11.0 Å². The minimum absolute atomic E-state index is 0.271. The number of H-pyrrole nitrogens is 1. The number of hydrogen-bond acceptors (Lipinski definition) is 4. The molecule has 6 heteroatoms. The van der Waals surface area contributed by atoms with Crippen LogP contribution in [0.25, 0.3) is 11.0 Å². The van der Waals surface area contributed by atoms with Crippen molar-refractivity contribution in [1.82, 2.24) is 9.97 Å². The van der Waals surface area contributed by atoms with Crippen LogP contribution in [-0.4, -0.2) is 23.2 Å². The highest BCUT2D eigenvalue weighted by Gasteiger charge is 2.14. The van der Waals surface area contributed by atoms with Crippen LogP contribution in [0.4, 0.5) is 16.0 Å². The summed E-state index contributed by atoms with van der Waals surface area (Å²) in [5.41, 5.74) is 2.39. The topological polar surface area (TPSA) is 59.2 Å². The number of rotatable bonds is 2. The Bertz CT molecular complexity index is 756. The van der Waals surface area contributed by atoms with Crippen LogP contribution in [0.1, 0.15) is 0 Å². The number of halogens is 1. The van der Waals surface area contributed by atoms with Gasteiger partial charge in [0.25, 0.3) is 0 Å². The fourth-order valence-corrected chi connectivity index (χ4v) is 2.28. The van der Waals surface area contributed by atoms with Gasteiger partial charge in [0.1, 0.15) is 19.0 Å². The second-order valence-electron chi connectivity index (χ2n) is 4.73. The lowest BCUT2D eigenvalue weighted by Crippen LogP contribution is -2.15. The van der Waals surface area contributed by atoms with Gasteiger partial charge in [-0.15, -0.1) is 0 Å². The Kier molecular flexibility index (Phi) is 2.67. The Balaban J connectivity index is 1.68. The zero-order valence-corrected chi connectivity index (χ0v) is 11.0. The average Bonchev–Trinajstić information content (AvgIpc) is 2.88. The van der Waals surface area contributed by atoms with E-state index in [2.05, 4.69) is 15.3 Å². The highest BCUT2D eigenvalue weighted by atomic mass is 19.1. The van der Waals surface area contributed by atoms with Gasteiger partial charge in [0, 0.05) is 17.8 Å². The Morgan fingerprint density at radius 2 is 1.76 bits per heavy atom. The molecule has 0 aliphatic carbocycles. The maximum Gasteiger partial charge on any atom is 0.205 e. The smallest absolute Gasteiger partial charge is 0.205 e. The summed E-state index contributed by atoms with van der Waals surface area (Å²) >= 11 is 0. The maximum absolute atomic E-state index is 12.9. The van der Waals surface area contributed by atoms with Crippen LogP contribution in [0.5, 0.6) is 11.5 Å². The fourth-order valence-electron chi connectivity index (χ4n) is 2.28. The van der Waals surface area contributed by atoms with Gasteiger partial charge < -0.3 is 19.8 Å². The lowest BCUT2D eigenvalue weighted by molar-refractivity contribution is 0.172. The van der Waals surface area contributed by atoms with Gasteiger partial charge in [-0.1, -0.05) is 0 Å². The zero-order valence-electron chi connectivity index (χ0n) is 11.0. The number of hydrogen-bond donors (Lipinski definition) is 2. The largest absolute Gasteiger partial charge is 0.486 e. The third-order valence-corrected chi connectivity index (χ3v) is 3.25. The van der Waals surface area contributed by atoms with Crippen LogP contribution in [-0.2, 0) is 0 Å². The molecule has 2 N–H and O–H groups in total. The lowest BCUT2D eigenvalue weighted by atomic mass is 10.2. The van der Waals surface area contributed by atoms with Crippen molar-refractivity contribution in [2.45, 2.75) is 0 Å². The van der Waals surface area contributed by atoms with E-state index in [4.69, 9.17) is 9.47 Å². The van der Waals surface area contributed by atoms with Gasteiger partial charge in [-0.2, -0.15) is 0 Å². The summed E-state index contributed by atoms with van der Waals surface area (Å²) in [6, 6.07) is 9.80.